The number of benzene rings is 1. The van der Waals surface area contributed by atoms with Crippen molar-refractivity contribution in [1.82, 2.24) is 5.32 Å². The van der Waals surface area contributed by atoms with E-state index < -0.39 is 5.97 Å². The van der Waals surface area contributed by atoms with Gasteiger partial charge in [0.05, 0.1) is 24.5 Å². The normalized spacial score (nSPS) is 24.4. The fraction of sp³-hybridized carbons (Fsp3) is 0.600. The van der Waals surface area contributed by atoms with Gasteiger partial charge in [-0.15, -0.1) is 0 Å². The van der Waals surface area contributed by atoms with E-state index in [9.17, 15) is 9.59 Å². The number of methoxy groups -OCH3 is 1. The maximum atomic E-state index is 12.6. The van der Waals surface area contributed by atoms with Gasteiger partial charge in [-0.05, 0) is 63.6 Å². The molecule has 2 N–H and O–H groups in total. The van der Waals surface area contributed by atoms with Crippen LogP contribution in [-0.2, 0) is 9.53 Å². The topological polar surface area (TPSA) is 76.7 Å². The second-order valence-corrected chi connectivity index (χ2v) is 7.60. The molecule has 6 nitrogen and oxygen atoms in total. The lowest BCUT2D eigenvalue weighted by molar-refractivity contribution is -0.117. The molecule has 0 spiro atoms. The Kier molecular flexibility index (Phi) is 5.81. The lowest BCUT2D eigenvalue weighted by atomic mass is 9.89. The predicted molar refractivity (Wildman–Crippen MR) is 99.5 cm³/mol. The van der Waals surface area contributed by atoms with Gasteiger partial charge in [-0.25, -0.2) is 4.79 Å². The second kappa shape index (κ2) is 8.08. The maximum Gasteiger partial charge on any atom is 0.337 e. The number of hydrogen-bond donors (Lipinski definition) is 2. The number of rotatable bonds is 6. The number of hydrogen-bond acceptors (Lipinski definition) is 5. The van der Waals surface area contributed by atoms with E-state index in [4.69, 9.17) is 9.47 Å². The largest absolute Gasteiger partial charge is 0.489 e. The fourth-order valence-corrected chi connectivity index (χ4v) is 4.03. The van der Waals surface area contributed by atoms with Crippen LogP contribution >= 0.6 is 0 Å². The average Bonchev–Trinajstić information content (AvgIpc) is 2.93. The number of anilines is 1. The first-order valence-electron chi connectivity index (χ1n) is 9.39. The molecule has 0 aromatic heterocycles. The van der Waals surface area contributed by atoms with Crippen molar-refractivity contribution >= 4 is 17.6 Å². The highest BCUT2D eigenvalue weighted by molar-refractivity contribution is 5.96. The minimum atomic E-state index is -0.438. The summed E-state index contributed by atoms with van der Waals surface area (Å²) in [5.41, 5.74) is 0.905. The molecule has 2 aliphatic heterocycles. The van der Waals surface area contributed by atoms with E-state index >= 15 is 0 Å². The zero-order valence-corrected chi connectivity index (χ0v) is 15.7. The molecule has 142 valence electrons. The molecular weight excluding hydrogens is 332 g/mol. The van der Waals surface area contributed by atoms with E-state index in [1.165, 1.54) is 20.0 Å². The van der Waals surface area contributed by atoms with Crippen LogP contribution in [0.3, 0.4) is 0 Å². The number of carbonyl (C=O) groups excluding carboxylic acids is 2. The average molecular weight is 360 g/mol. The first-order chi connectivity index (χ1) is 12.4. The molecule has 2 atom stereocenters. The zero-order valence-electron chi connectivity index (χ0n) is 15.7. The van der Waals surface area contributed by atoms with Crippen molar-refractivity contribution < 1.29 is 19.1 Å². The van der Waals surface area contributed by atoms with Crippen LogP contribution in [0.4, 0.5) is 5.69 Å². The molecule has 26 heavy (non-hydrogen) atoms. The molecule has 2 fully saturated rings. The van der Waals surface area contributed by atoms with Gasteiger partial charge in [0.15, 0.2) is 0 Å². The van der Waals surface area contributed by atoms with Gasteiger partial charge in [0.1, 0.15) is 5.75 Å². The molecule has 2 bridgehead atoms. The summed E-state index contributed by atoms with van der Waals surface area (Å²) in [7, 11) is 1.34. The van der Waals surface area contributed by atoms with E-state index in [1.54, 1.807) is 18.2 Å². The Balaban J connectivity index is 1.69. The standard InChI is InChI=1S/C20H28N2O4/c1-12(2)26-18-7-4-14(20(24)25-3)11-17(18)22-19(23)10-13-8-15-5-6-16(9-13)21-15/h4,7,11-13,15-16,21H,5-6,8-10H2,1-3H3,(H,22,23). The molecule has 1 amide bonds. The summed E-state index contributed by atoms with van der Waals surface area (Å²) >= 11 is 0. The maximum absolute atomic E-state index is 12.6. The second-order valence-electron chi connectivity index (χ2n) is 7.60. The molecule has 2 unspecified atom stereocenters. The number of fused-ring (bicyclic) bond motifs is 2. The predicted octanol–water partition coefficient (Wildman–Crippen LogP) is 3.12. The molecule has 1 aromatic rings. The summed E-state index contributed by atoms with van der Waals surface area (Å²) in [6.07, 6.45) is 5.02. The van der Waals surface area contributed by atoms with Gasteiger partial charge in [0.2, 0.25) is 5.91 Å². The smallest absolute Gasteiger partial charge is 0.337 e. The van der Waals surface area contributed by atoms with Gasteiger partial charge in [0, 0.05) is 18.5 Å². The summed E-state index contributed by atoms with van der Waals surface area (Å²) in [6.45, 7) is 3.84. The highest BCUT2D eigenvalue weighted by Gasteiger charge is 2.34. The SMILES string of the molecule is COC(=O)c1ccc(OC(C)C)c(NC(=O)CC2CC3CCC(C2)N3)c1. The molecule has 0 radical (unpaired) electrons. The van der Waals surface area contributed by atoms with Crippen LogP contribution in [0.5, 0.6) is 5.75 Å². The van der Waals surface area contributed by atoms with Crippen LogP contribution in [0.25, 0.3) is 0 Å². The van der Waals surface area contributed by atoms with Gasteiger partial charge in [-0.2, -0.15) is 0 Å². The van der Waals surface area contributed by atoms with Crippen molar-refractivity contribution in [2.75, 3.05) is 12.4 Å². The van der Waals surface area contributed by atoms with Crippen LogP contribution in [0.15, 0.2) is 18.2 Å². The van der Waals surface area contributed by atoms with Crippen molar-refractivity contribution in [1.29, 1.82) is 0 Å². The number of amides is 1. The number of piperidine rings is 1. The van der Waals surface area contributed by atoms with E-state index in [0.29, 0.717) is 41.4 Å². The summed E-state index contributed by atoms with van der Waals surface area (Å²) in [6, 6.07) is 6.09. The Morgan fingerprint density at radius 2 is 1.92 bits per heavy atom. The number of nitrogens with one attached hydrogen (secondary N) is 2. The molecule has 2 saturated heterocycles. The van der Waals surface area contributed by atoms with Gasteiger partial charge < -0.3 is 20.1 Å². The lowest BCUT2D eigenvalue weighted by Gasteiger charge is -2.28. The highest BCUT2D eigenvalue weighted by Crippen LogP contribution is 2.33. The minimum Gasteiger partial charge on any atom is -0.489 e. The van der Waals surface area contributed by atoms with Crippen molar-refractivity contribution in [2.45, 2.75) is 64.1 Å². The number of ether oxygens (including phenoxy) is 2. The summed E-state index contributed by atoms with van der Waals surface area (Å²) in [5.74, 6) is 0.497. The molecule has 2 heterocycles. The molecule has 0 aliphatic carbocycles. The molecule has 1 aromatic carbocycles. The molecule has 6 heteroatoms. The molecule has 3 rings (SSSR count). The molecule has 2 aliphatic rings. The third kappa shape index (κ3) is 4.55. The first kappa shape index (κ1) is 18.7. The van der Waals surface area contributed by atoms with Crippen molar-refractivity contribution in [3.05, 3.63) is 23.8 Å². The van der Waals surface area contributed by atoms with Gasteiger partial charge in [-0.1, -0.05) is 0 Å². The van der Waals surface area contributed by atoms with E-state index in [1.807, 2.05) is 13.8 Å². The third-order valence-electron chi connectivity index (χ3n) is 5.08. The van der Waals surface area contributed by atoms with Crippen LogP contribution in [-0.4, -0.2) is 37.2 Å². The van der Waals surface area contributed by atoms with Crippen LogP contribution in [0.1, 0.15) is 56.3 Å². The Hall–Kier alpha value is -2.08. The van der Waals surface area contributed by atoms with Gasteiger partial charge >= 0.3 is 5.97 Å². The fourth-order valence-electron chi connectivity index (χ4n) is 4.03. The lowest BCUT2D eigenvalue weighted by Crippen LogP contribution is -2.39. The van der Waals surface area contributed by atoms with Gasteiger partial charge in [0.25, 0.3) is 0 Å². The number of carbonyl (C=O) groups is 2. The summed E-state index contributed by atoms with van der Waals surface area (Å²) < 4.78 is 10.5. The zero-order chi connectivity index (χ0) is 18.7. The Morgan fingerprint density at radius 3 is 2.54 bits per heavy atom. The van der Waals surface area contributed by atoms with Crippen LogP contribution in [0.2, 0.25) is 0 Å². The summed E-state index contributed by atoms with van der Waals surface area (Å²) in [4.78, 5) is 24.4. The summed E-state index contributed by atoms with van der Waals surface area (Å²) in [5, 5.41) is 6.54. The van der Waals surface area contributed by atoms with Crippen LogP contribution in [0, 0.1) is 5.92 Å². The molecular formula is C20H28N2O4. The quantitative estimate of drug-likeness (QED) is 0.762. The van der Waals surface area contributed by atoms with E-state index in [-0.39, 0.29) is 12.0 Å². The Labute approximate surface area is 154 Å². The van der Waals surface area contributed by atoms with Crippen molar-refractivity contribution in [3.63, 3.8) is 0 Å². The molecule has 0 saturated carbocycles. The highest BCUT2D eigenvalue weighted by atomic mass is 16.5. The first-order valence-corrected chi connectivity index (χ1v) is 9.39. The third-order valence-corrected chi connectivity index (χ3v) is 5.08. The Morgan fingerprint density at radius 1 is 1.23 bits per heavy atom. The van der Waals surface area contributed by atoms with E-state index in [0.717, 1.165) is 12.8 Å². The number of esters is 1. The van der Waals surface area contributed by atoms with Gasteiger partial charge in [-0.3, -0.25) is 4.79 Å². The van der Waals surface area contributed by atoms with Crippen molar-refractivity contribution in [2.24, 2.45) is 5.92 Å². The van der Waals surface area contributed by atoms with Crippen LogP contribution < -0.4 is 15.4 Å². The minimum absolute atomic E-state index is 0.0327. The van der Waals surface area contributed by atoms with E-state index in [2.05, 4.69) is 10.6 Å². The Bertz CT molecular complexity index is 662. The van der Waals surface area contributed by atoms with Crippen molar-refractivity contribution in [3.8, 4) is 5.75 Å². The monoisotopic (exact) mass is 360 g/mol.